The Bertz CT molecular complexity index is 1270. The fraction of sp³-hybridized carbons (Fsp3) is 0.0870. The van der Waals surface area contributed by atoms with Crippen molar-refractivity contribution in [3.63, 3.8) is 0 Å². The monoisotopic (exact) mass is 472 g/mol. The van der Waals surface area contributed by atoms with Gasteiger partial charge in [0.2, 0.25) is 9.84 Å². The first kappa shape index (κ1) is 22.9. The summed E-state index contributed by atoms with van der Waals surface area (Å²) in [5, 5.41) is 13.4. The zero-order valence-electron chi connectivity index (χ0n) is 16.5. The molecule has 0 saturated carbocycles. The van der Waals surface area contributed by atoms with Crippen LogP contribution in [-0.4, -0.2) is 8.42 Å². The zero-order valence-corrected chi connectivity index (χ0v) is 18.9. The molecule has 0 radical (unpaired) electrons. The van der Waals surface area contributed by atoms with E-state index in [4.69, 9.17) is 11.6 Å². The quantitative estimate of drug-likeness (QED) is 0.408. The van der Waals surface area contributed by atoms with Gasteiger partial charge in [-0.3, -0.25) is 0 Å². The summed E-state index contributed by atoms with van der Waals surface area (Å²) in [7, 11) is -4.09. The topological polar surface area (TPSA) is 70.0 Å². The van der Waals surface area contributed by atoms with Crippen molar-refractivity contribution in [1.29, 1.82) is 5.26 Å². The first-order valence-corrected chi connectivity index (χ1v) is 12.0. The summed E-state index contributed by atoms with van der Waals surface area (Å²) in [6.07, 6.45) is 0. The summed E-state index contributed by atoms with van der Waals surface area (Å²) >= 11 is 7.23. The third-order valence-corrected chi connectivity index (χ3v) is 7.70. The van der Waals surface area contributed by atoms with Crippen LogP contribution in [0.1, 0.15) is 11.1 Å². The van der Waals surface area contributed by atoms with Crippen LogP contribution >= 0.6 is 23.4 Å². The molecule has 3 aromatic rings. The molecular weight excluding hydrogens is 455 g/mol. The fourth-order valence-electron chi connectivity index (χ4n) is 2.68. The van der Waals surface area contributed by atoms with E-state index in [1.807, 2.05) is 13.0 Å². The molecule has 0 spiro atoms. The smallest absolute Gasteiger partial charge is 0.219 e. The van der Waals surface area contributed by atoms with Crippen molar-refractivity contribution < 1.29 is 12.8 Å². The molecule has 4 nitrogen and oxygen atoms in total. The molecule has 0 bridgehead atoms. The molecule has 8 heteroatoms. The Labute approximate surface area is 190 Å². The lowest BCUT2D eigenvalue weighted by Crippen LogP contribution is -2.10. The van der Waals surface area contributed by atoms with Crippen molar-refractivity contribution in [2.45, 2.75) is 17.6 Å². The normalized spacial score (nSPS) is 12.1. The maximum atomic E-state index is 14.1. The minimum atomic E-state index is -4.09. The summed E-state index contributed by atoms with van der Waals surface area (Å²) in [6.45, 7) is 1.84. The number of hydrogen-bond acceptors (Lipinski definition) is 5. The van der Waals surface area contributed by atoms with E-state index in [0.717, 1.165) is 17.3 Å². The molecular formula is C23H18ClFN2O2S2. The maximum Gasteiger partial charge on any atom is 0.219 e. The zero-order chi connectivity index (χ0) is 22.4. The molecule has 31 heavy (non-hydrogen) atoms. The molecule has 0 aliphatic carbocycles. The van der Waals surface area contributed by atoms with Crippen LogP contribution in [0, 0.1) is 24.1 Å². The Hall–Kier alpha value is -2.79. The van der Waals surface area contributed by atoms with Gasteiger partial charge in [-0.15, -0.1) is 11.8 Å². The van der Waals surface area contributed by atoms with Gasteiger partial charge in [-0.05, 0) is 48.4 Å². The van der Waals surface area contributed by atoms with Crippen LogP contribution in [0.15, 0.2) is 87.6 Å². The van der Waals surface area contributed by atoms with E-state index in [2.05, 4.69) is 5.32 Å². The number of allylic oxidation sites excluding steroid dienone is 1. The highest BCUT2D eigenvalue weighted by atomic mass is 35.5. The van der Waals surface area contributed by atoms with Gasteiger partial charge in [0.15, 0.2) is 4.91 Å². The van der Waals surface area contributed by atoms with Crippen LogP contribution in [-0.2, 0) is 15.6 Å². The minimum Gasteiger partial charge on any atom is -0.348 e. The number of hydrogen-bond donors (Lipinski definition) is 1. The first-order valence-electron chi connectivity index (χ1n) is 9.17. The van der Waals surface area contributed by atoms with Crippen molar-refractivity contribution in [3.05, 3.63) is 105 Å². The number of nitrogens with one attached hydrogen (secondary N) is 1. The highest BCUT2D eigenvalue weighted by molar-refractivity contribution is 8.04. The Morgan fingerprint density at radius 2 is 1.77 bits per heavy atom. The van der Waals surface area contributed by atoms with E-state index >= 15 is 0 Å². The molecule has 0 unspecified atom stereocenters. The molecule has 1 N–H and O–H groups in total. The second-order valence-corrected chi connectivity index (χ2v) is 9.83. The molecule has 0 saturated heterocycles. The number of nitriles is 1. The second-order valence-electron chi connectivity index (χ2n) is 6.56. The van der Waals surface area contributed by atoms with Crippen molar-refractivity contribution in [3.8, 4) is 6.07 Å². The summed E-state index contributed by atoms with van der Waals surface area (Å²) in [5.41, 5.74) is 1.76. The van der Waals surface area contributed by atoms with Crippen LogP contribution in [0.3, 0.4) is 0 Å². The van der Waals surface area contributed by atoms with Crippen LogP contribution in [0.4, 0.5) is 10.1 Å². The van der Waals surface area contributed by atoms with E-state index in [9.17, 15) is 18.1 Å². The third-order valence-electron chi connectivity index (χ3n) is 4.39. The molecule has 0 aliphatic heterocycles. The predicted octanol–water partition coefficient (Wildman–Crippen LogP) is 6.30. The lowest BCUT2D eigenvalue weighted by molar-refractivity contribution is 0.603. The van der Waals surface area contributed by atoms with Crippen LogP contribution < -0.4 is 5.32 Å². The number of nitrogens with zero attached hydrogens (tertiary/aromatic N) is 1. The Balaban J connectivity index is 2.07. The number of aryl methyl sites for hydroxylation is 1. The molecule has 0 amide bonds. The average molecular weight is 473 g/mol. The highest BCUT2D eigenvalue weighted by Crippen LogP contribution is 2.32. The number of rotatable bonds is 7. The van der Waals surface area contributed by atoms with Crippen LogP contribution in [0.2, 0.25) is 5.02 Å². The van der Waals surface area contributed by atoms with Crippen molar-refractivity contribution in [2.24, 2.45) is 0 Å². The van der Waals surface area contributed by atoms with Gasteiger partial charge in [0, 0.05) is 16.5 Å². The molecule has 158 valence electrons. The van der Waals surface area contributed by atoms with E-state index in [1.165, 1.54) is 18.2 Å². The van der Waals surface area contributed by atoms with Gasteiger partial charge in [-0.2, -0.15) is 5.26 Å². The Kier molecular flexibility index (Phi) is 7.39. The lowest BCUT2D eigenvalue weighted by Gasteiger charge is -2.15. The molecule has 0 heterocycles. The van der Waals surface area contributed by atoms with Gasteiger partial charge >= 0.3 is 0 Å². The largest absolute Gasteiger partial charge is 0.348 e. The van der Waals surface area contributed by atoms with E-state index in [0.29, 0.717) is 16.3 Å². The fourth-order valence-corrected chi connectivity index (χ4v) is 5.43. The van der Waals surface area contributed by atoms with E-state index < -0.39 is 20.6 Å². The maximum absolute atomic E-state index is 14.1. The molecule has 0 aliphatic rings. The summed E-state index contributed by atoms with van der Waals surface area (Å²) in [6, 6.07) is 20.9. The number of sulfone groups is 1. The Morgan fingerprint density at radius 3 is 2.42 bits per heavy atom. The van der Waals surface area contributed by atoms with Crippen LogP contribution in [0.25, 0.3) is 0 Å². The SMILES string of the molecule is Cc1ccc(N/C(SCc2ccccc2F)=C(/C#N)S(=O)(=O)c2ccccc2)cc1Cl. The van der Waals surface area contributed by atoms with Crippen molar-refractivity contribution >= 4 is 38.9 Å². The molecule has 3 aromatic carbocycles. The molecule has 0 aromatic heterocycles. The first-order chi connectivity index (χ1) is 14.8. The Morgan fingerprint density at radius 1 is 1.10 bits per heavy atom. The molecule has 0 atom stereocenters. The standard InChI is InChI=1S/C23H18ClFN2O2S2/c1-16-11-12-18(13-20(16)24)27-23(30-15-17-7-5-6-10-21(17)25)22(14-26)31(28,29)19-8-3-2-4-9-19/h2-13,27H,15H2,1H3/b23-22+. The number of benzene rings is 3. The number of halogens is 2. The second kappa shape index (κ2) is 10.0. The average Bonchev–Trinajstić information content (AvgIpc) is 2.76. The van der Waals surface area contributed by atoms with Gasteiger partial charge in [-0.25, -0.2) is 12.8 Å². The van der Waals surface area contributed by atoms with Crippen LogP contribution in [0.5, 0.6) is 0 Å². The minimum absolute atomic E-state index is 0.000666. The van der Waals surface area contributed by atoms with Crippen molar-refractivity contribution in [1.82, 2.24) is 0 Å². The van der Waals surface area contributed by atoms with Gasteiger partial charge in [0.05, 0.1) is 4.90 Å². The lowest BCUT2D eigenvalue weighted by atomic mass is 10.2. The highest BCUT2D eigenvalue weighted by Gasteiger charge is 2.25. The predicted molar refractivity (Wildman–Crippen MR) is 124 cm³/mol. The summed E-state index contributed by atoms with van der Waals surface area (Å²) in [4.78, 5) is -0.448. The molecule has 3 rings (SSSR count). The van der Waals surface area contributed by atoms with E-state index in [-0.39, 0.29) is 15.7 Å². The van der Waals surface area contributed by atoms with Gasteiger partial charge in [-0.1, -0.05) is 54.1 Å². The summed E-state index contributed by atoms with van der Waals surface area (Å²) < 4.78 is 40.4. The number of thioether (sulfide) groups is 1. The third kappa shape index (κ3) is 5.47. The molecule has 0 fully saturated rings. The van der Waals surface area contributed by atoms with Crippen molar-refractivity contribution in [2.75, 3.05) is 5.32 Å². The van der Waals surface area contributed by atoms with E-state index in [1.54, 1.807) is 54.6 Å². The van der Waals surface area contributed by atoms with Gasteiger partial charge in [0.25, 0.3) is 0 Å². The number of anilines is 1. The summed E-state index contributed by atoms with van der Waals surface area (Å²) in [5.74, 6) is -0.276. The van der Waals surface area contributed by atoms with Gasteiger partial charge < -0.3 is 5.32 Å². The van der Waals surface area contributed by atoms with Gasteiger partial charge in [0.1, 0.15) is 16.9 Å².